The van der Waals surface area contributed by atoms with Gasteiger partial charge in [0.25, 0.3) is 0 Å². The first-order valence-corrected chi connectivity index (χ1v) is 6.68. The minimum absolute atomic E-state index is 0.0560. The SMILES string of the molecule is CCC(C)C(=O)OCCN(C=CC=C(C#N)C#N)CC. The molecule has 1 unspecified atom stereocenters. The predicted molar refractivity (Wildman–Crippen MR) is 76.1 cm³/mol. The van der Waals surface area contributed by atoms with Crippen LogP contribution in [-0.4, -0.2) is 30.6 Å². The number of ether oxygens (including phenoxy) is 1. The maximum Gasteiger partial charge on any atom is 0.308 e. The van der Waals surface area contributed by atoms with Gasteiger partial charge in [-0.1, -0.05) is 13.8 Å². The summed E-state index contributed by atoms with van der Waals surface area (Å²) in [5.74, 6) is -0.249. The first-order valence-electron chi connectivity index (χ1n) is 6.68. The predicted octanol–water partition coefficient (Wildman–Crippen LogP) is 2.38. The van der Waals surface area contributed by atoms with Crippen molar-refractivity contribution >= 4 is 5.97 Å². The molecular weight excluding hydrogens is 254 g/mol. The first kappa shape index (κ1) is 17.7. The number of allylic oxidation sites excluding steroid dienone is 3. The van der Waals surface area contributed by atoms with Crippen LogP contribution in [0.3, 0.4) is 0 Å². The summed E-state index contributed by atoms with van der Waals surface area (Å²) in [4.78, 5) is 13.4. The second kappa shape index (κ2) is 10.6. The lowest BCUT2D eigenvalue weighted by Gasteiger charge is -2.18. The van der Waals surface area contributed by atoms with Gasteiger partial charge in [-0.3, -0.25) is 4.79 Å². The largest absolute Gasteiger partial charge is 0.464 e. The van der Waals surface area contributed by atoms with Gasteiger partial charge in [0, 0.05) is 6.54 Å². The molecule has 0 N–H and O–H groups in total. The van der Waals surface area contributed by atoms with E-state index < -0.39 is 0 Å². The highest BCUT2D eigenvalue weighted by molar-refractivity contribution is 5.71. The van der Waals surface area contributed by atoms with Gasteiger partial charge in [0.1, 0.15) is 24.3 Å². The molecule has 0 aromatic heterocycles. The summed E-state index contributed by atoms with van der Waals surface area (Å²) < 4.78 is 5.16. The number of carbonyl (C=O) groups excluding carboxylic acids is 1. The Labute approximate surface area is 120 Å². The second-order valence-electron chi connectivity index (χ2n) is 4.25. The Kier molecular flexibility index (Phi) is 9.43. The molecule has 0 spiro atoms. The summed E-state index contributed by atoms with van der Waals surface area (Å²) in [6.45, 7) is 7.42. The lowest BCUT2D eigenvalue weighted by molar-refractivity contribution is -0.148. The summed E-state index contributed by atoms with van der Waals surface area (Å²) in [6, 6.07) is 3.56. The van der Waals surface area contributed by atoms with Gasteiger partial charge in [0.2, 0.25) is 0 Å². The van der Waals surface area contributed by atoms with Gasteiger partial charge < -0.3 is 9.64 Å². The standard InChI is InChI=1S/C15H21N3O2/c1-4-13(3)15(19)20-10-9-18(5-2)8-6-7-14(11-16)12-17/h6-8,13H,4-5,9-10H2,1-3H3. The summed E-state index contributed by atoms with van der Waals surface area (Å²) in [5, 5.41) is 17.2. The zero-order valence-corrected chi connectivity index (χ0v) is 12.3. The van der Waals surface area contributed by atoms with E-state index in [2.05, 4.69) is 0 Å². The van der Waals surface area contributed by atoms with E-state index in [9.17, 15) is 4.79 Å². The van der Waals surface area contributed by atoms with Crippen molar-refractivity contribution in [3.8, 4) is 12.1 Å². The maximum absolute atomic E-state index is 11.5. The van der Waals surface area contributed by atoms with Crippen molar-refractivity contribution in [2.45, 2.75) is 27.2 Å². The van der Waals surface area contributed by atoms with E-state index in [0.29, 0.717) is 13.2 Å². The summed E-state index contributed by atoms with van der Waals surface area (Å²) >= 11 is 0. The number of esters is 1. The van der Waals surface area contributed by atoms with Crippen molar-refractivity contribution in [2.24, 2.45) is 5.92 Å². The molecule has 0 amide bonds. The van der Waals surface area contributed by atoms with Crippen LogP contribution in [0.25, 0.3) is 0 Å². The number of rotatable bonds is 8. The van der Waals surface area contributed by atoms with E-state index in [-0.39, 0.29) is 17.5 Å². The molecule has 1 atom stereocenters. The maximum atomic E-state index is 11.5. The molecule has 20 heavy (non-hydrogen) atoms. The Balaban J connectivity index is 4.22. The summed E-state index contributed by atoms with van der Waals surface area (Å²) in [6.07, 6.45) is 5.63. The summed E-state index contributed by atoms with van der Waals surface area (Å²) in [5.41, 5.74) is 0.0560. The number of hydrogen-bond acceptors (Lipinski definition) is 5. The van der Waals surface area contributed by atoms with Crippen molar-refractivity contribution in [2.75, 3.05) is 19.7 Å². The van der Waals surface area contributed by atoms with Gasteiger partial charge in [0.05, 0.1) is 12.5 Å². The molecule has 0 aromatic rings. The average Bonchev–Trinajstić information content (AvgIpc) is 2.48. The summed E-state index contributed by atoms with van der Waals surface area (Å²) in [7, 11) is 0. The van der Waals surface area contributed by atoms with Gasteiger partial charge in [-0.15, -0.1) is 0 Å². The van der Waals surface area contributed by atoms with E-state index >= 15 is 0 Å². The highest BCUT2D eigenvalue weighted by Gasteiger charge is 2.11. The quantitative estimate of drug-likeness (QED) is 0.386. The van der Waals surface area contributed by atoms with Crippen molar-refractivity contribution in [3.63, 3.8) is 0 Å². The van der Waals surface area contributed by atoms with Crippen LogP contribution < -0.4 is 0 Å². The highest BCUT2D eigenvalue weighted by atomic mass is 16.5. The lowest BCUT2D eigenvalue weighted by atomic mass is 10.1. The molecule has 0 fully saturated rings. The van der Waals surface area contributed by atoms with Crippen molar-refractivity contribution in [1.29, 1.82) is 10.5 Å². The number of hydrogen-bond donors (Lipinski definition) is 0. The third kappa shape index (κ3) is 7.23. The van der Waals surface area contributed by atoms with Gasteiger partial charge in [-0.25, -0.2) is 0 Å². The van der Waals surface area contributed by atoms with Crippen LogP contribution >= 0.6 is 0 Å². The van der Waals surface area contributed by atoms with E-state index in [1.54, 1.807) is 24.4 Å². The number of likely N-dealkylation sites (N-methyl/N-ethyl adjacent to an activating group) is 1. The third-order valence-corrected chi connectivity index (χ3v) is 2.84. The normalized spacial score (nSPS) is 11.2. The van der Waals surface area contributed by atoms with Crippen LogP contribution in [0.4, 0.5) is 0 Å². The first-order chi connectivity index (χ1) is 9.58. The Morgan fingerprint density at radius 1 is 1.35 bits per heavy atom. The van der Waals surface area contributed by atoms with Gasteiger partial charge >= 0.3 is 5.97 Å². The minimum Gasteiger partial charge on any atom is -0.464 e. The molecular formula is C15H21N3O2. The highest BCUT2D eigenvalue weighted by Crippen LogP contribution is 2.03. The molecule has 0 aliphatic heterocycles. The van der Waals surface area contributed by atoms with Crippen LogP contribution in [-0.2, 0) is 9.53 Å². The number of nitrogens with zero attached hydrogens (tertiary/aromatic N) is 3. The minimum atomic E-state index is -0.177. The molecule has 0 bridgehead atoms. The molecule has 5 heteroatoms. The van der Waals surface area contributed by atoms with Gasteiger partial charge in [-0.05, 0) is 31.7 Å². The van der Waals surface area contributed by atoms with Crippen LogP contribution in [0.1, 0.15) is 27.2 Å². The smallest absolute Gasteiger partial charge is 0.308 e. The Bertz CT molecular complexity index is 425. The van der Waals surface area contributed by atoms with E-state index in [0.717, 1.165) is 13.0 Å². The fourth-order valence-electron chi connectivity index (χ4n) is 1.27. The molecule has 0 aromatic carbocycles. The van der Waals surface area contributed by atoms with Gasteiger partial charge in [0.15, 0.2) is 0 Å². The van der Waals surface area contributed by atoms with E-state index in [1.165, 1.54) is 6.08 Å². The molecule has 0 aliphatic rings. The zero-order valence-electron chi connectivity index (χ0n) is 12.3. The van der Waals surface area contributed by atoms with Gasteiger partial charge in [-0.2, -0.15) is 10.5 Å². The molecule has 0 aliphatic carbocycles. The Morgan fingerprint density at radius 3 is 2.50 bits per heavy atom. The molecule has 0 heterocycles. The topological polar surface area (TPSA) is 77.1 Å². The average molecular weight is 275 g/mol. The monoisotopic (exact) mass is 275 g/mol. The van der Waals surface area contributed by atoms with E-state index in [1.807, 2.05) is 25.7 Å². The third-order valence-electron chi connectivity index (χ3n) is 2.84. The second-order valence-corrected chi connectivity index (χ2v) is 4.25. The van der Waals surface area contributed by atoms with Crippen molar-refractivity contribution in [3.05, 3.63) is 23.9 Å². The molecule has 0 saturated heterocycles. The van der Waals surface area contributed by atoms with Crippen molar-refractivity contribution in [1.82, 2.24) is 4.90 Å². The molecule has 0 rings (SSSR count). The van der Waals surface area contributed by atoms with Crippen LogP contribution in [0.15, 0.2) is 23.9 Å². The molecule has 0 radical (unpaired) electrons. The fraction of sp³-hybridized carbons (Fsp3) is 0.533. The molecule has 5 nitrogen and oxygen atoms in total. The van der Waals surface area contributed by atoms with Crippen LogP contribution in [0, 0.1) is 28.6 Å². The van der Waals surface area contributed by atoms with Crippen LogP contribution in [0.5, 0.6) is 0 Å². The Hall–Kier alpha value is -2.27. The number of carbonyl (C=O) groups is 1. The van der Waals surface area contributed by atoms with E-state index in [4.69, 9.17) is 15.3 Å². The fourth-order valence-corrected chi connectivity index (χ4v) is 1.27. The molecule has 108 valence electrons. The zero-order chi connectivity index (χ0) is 15.4. The van der Waals surface area contributed by atoms with Crippen LogP contribution in [0.2, 0.25) is 0 Å². The van der Waals surface area contributed by atoms with Crippen molar-refractivity contribution < 1.29 is 9.53 Å². The molecule has 0 saturated carbocycles. The lowest BCUT2D eigenvalue weighted by Crippen LogP contribution is -2.24. The Morgan fingerprint density at radius 2 is 2.00 bits per heavy atom. The number of nitriles is 2.